The second-order valence-electron chi connectivity index (χ2n) is 5.69. The van der Waals surface area contributed by atoms with Gasteiger partial charge in [0.2, 0.25) is 0 Å². The summed E-state index contributed by atoms with van der Waals surface area (Å²) in [6.07, 6.45) is 0. The van der Waals surface area contributed by atoms with Crippen molar-refractivity contribution in [2.75, 3.05) is 14.2 Å². The highest BCUT2D eigenvalue weighted by atomic mass is 79.9. The number of benzene rings is 2. The summed E-state index contributed by atoms with van der Waals surface area (Å²) in [6, 6.07) is 11.6. The molecule has 1 atom stereocenters. The van der Waals surface area contributed by atoms with Crippen molar-refractivity contribution in [3.8, 4) is 5.75 Å². The first-order valence-corrected chi connectivity index (χ1v) is 9.53. The molecule has 27 heavy (non-hydrogen) atoms. The molecule has 6 nitrogen and oxygen atoms in total. The third kappa shape index (κ3) is 3.86. The van der Waals surface area contributed by atoms with Gasteiger partial charge in [-0.3, -0.25) is 0 Å². The van der Waals surface area contributed by atoms with Gasteiger partial charge in [-0.2, -0.15) is 0 Å². The number of hydrogen-bond acceptors (Lipinski definition) is 4. The number of esters is 1. The van der Waals surface area contributed by atoms with E-state index in [9.17, 15) is 9.59 Å². The van der Waals surface area contributed by atoms with Crippen molar-refractivity contribution in [3.05, 3.63) is 68.1 Å². The van der Waals surface area contributed by atoms with Crippen LogP contribution in [-0.2, 0) is 9.53 Å². The third-order valence-electron chi connectivity index (χ3n) is 4.09. The maximum atomic E-state index is 12.7. The number of nitrogens with one attached hydrogen (secondary N) is 2. The van der Waals surface area contributed by atoms with Crippen molar-refractivity contribution in [3.63, 3.8) is 0 Å². The minimum atomic E-state index is -0.759. The van der Waals surface area contributed by atoms with Crippen LogP contribution in [0.1, 0.15) is 17.2 Å². The molecule has 0 radical (unpaired) electrons. The summed E-state index contributed by atoms with van der Waals surface area (Å²) in [5, 5.41) is 5.53. The van der Waals surface area contributed by atoms with Crippen LogP contribution in [0.2, 0.25) is 0 Å². The zero-order valence-corrected chi connectivity index (χ0v) is 17.7. The molecule has 0 aliphatic carbocycles. The predicted octanol–water partition coefficient (Wildman–Crippen LogP) is 4.16. The number of hydrogen-bond donors (Lipinski definition) is 2. The average Bonchev–Trinajstić information content (AvgIpc) is 2.66. The number of rotatable bonds is 4. The van der Waals surface area contributed by atoms with Gasteiger partial charge in [-0.05, 0) is 33.6 Å². The first-order chi connectivity index (χ1) is 13.0. The van der Waals surface area contributed by atoms with Crippen LogP contribution in [0.25, 0.3) is 5.70 Å². The number of halogens is 2. The molecule has 0 bridgehead atoms. The van der Waals surface area contributed by atoms with Gasteiger partial charge < -0.3 is 20.1 Å². The van der Waals surface area contributed by atoms with Gasteiger partial charge in [0.1, 0.15) is 5.75 Å². The predicted molar refractivity (Wildman–Crippen MR) is 108 cm³/mol. The molecule has 1 unspecified atom stereocenters. The number of ether oxygens (including phenoxy) is 2. The molecule has 0 saturated carbocycles. The molecule has 1 aliphatic heterocycles. The third-order valence-corrected chi connectivity index (χ3v) is 5.14. The summed E-state index contributed by atoms with van der Waals surface area (Å²) >= 11 is 6.90. The van der Waals surface area contributed by atoms with Crippen LogP contribution in [-0.4, -0.2) is 26.2 Å². The Labute approximate surface area is 173 Å². The Morgan fingerprint density at radius 3 is 2.44 bits per heavy atom. The molecule has 1 heterocycles. The van der Waals surface area contributed by atoms with E-state index in [1.54, 1.807) is 6.07 Å². The second-order valence-corrected chi connectivity index (χ2v) is 7.46. The lowest BCUT2D eigenvalue weighted by molar-refractivity contribution is -0.136. The van der Waals surface area contributed by atoms with Gasteiger partial charge in [0.05, 0.1) is 36.0 Å². The van der Waals surface area contributed by atoms with Gasteiger partial charge in [0, 0.05) is 10.0 Å². The lowest BCUT2D eigenvalue weighted by atomic mass is 9.92. The van der Waals surface area contributed by atoms with E-state index in [0.717, 1.165) is 4.47 Å². The smallest absolute Gasteiger partial charge is 0.338 e. The largest absolute Gasteiger partial charge is 0.495 e. The molecule has 3 rings (SSSR count). The molecule has 2 aromatic carbocycles. The molecule has 0 fully saturated rings. The van der Waals surface area contributed by atoms with Crippen molar-refractivity contribution >= 4 is 49.6 Å². The maximum Gasteiger partial charge on any atom is 0.338 e. The Morgan fingerprint density at radius 1 is 1.11 bits per heavy atom. The molecule has 2 amide bonds. The summed E-state index contributed by atoms with van der Waals surface area (Å²) in [4.78, 5) is 25.1. The van der Waals surface area contributed by atoms with Gasteiger partial charge in [-0.25, -0.2) is 9.59 Å². The highest BCUT2D eigenvalue weighted by Gasteiger charge is 2.36. The molecule has 2 aromatic rings. The molecule has 0 spiro atoms. The Hall–Kier alpha value is -2.32. The molecule has 1 aliphatic rings. The summed E-state index contributed by atoms with van der Waals surface area (Å²) in [5.41, 5.74) is 1.99. The van der Waals surface area contributed by atoms with E-state index in [1.165, 1.54) is 14.2 Å². The van der Waals surface area contributed by atoms with Gasteiger partial charge in [-0.1, -0.05) is 46.3 Å². The van der Waals surface area contributed by atoms with E-state index in [2.05, 4.69) is 42.5 Å². The normalized spacial score (nSPS) is 16.4. The van der Waals surface area contributed by atoms with Crippen molar-refractivity contribution < 1.29 is 19.1 Å². The number of urea groups is 1. The van der Waals surface area contributed by atoms with Gasteiger partial charge >= 0.3 is 12.0 Å². The Morgan fingerprint density at radius 2 is 1.81 bits per heavy atom. The van der Waals surface area contributed by atoms with E-state index in [1.807, 2.05) is 36.4 Å². The molecule has 0 saturated heterocycles. The Bertz CT molecular complexity index is 929. The topological polar surface area (TPSA) is 76.7 Å². The highest BCUT2D eigenvalue weighted by molar-refractivity contribution is 9.11. The molecular weight excluding hydrogens is 480 g/mol. The molecule has 140 valence electrons. The molecule has 8 heteroatoms. The fourth-order valence-electron chi connectivity index (χ4n) is 2.97. The first-order valence-electron chi connectivity index (χ1n) is 7.94. The van der Waals surface area contributed by atoms with Gasteiger partial charge in [-0.15, -0.1) is 0 Å². The van der Waals surface area contributed by atoms with Crippen LogP contribution >= 0.6 is 31.9 Å². The van der Waals surface area contributed by atoms with Crippen molar-refractivity contribution in [1.29, 1.82) is 0 Å². The van der Waals surface area contributed by atoms with E-state index < -0.39 is 18.0 Å². The second kappa shape index (κ2) is 8.14. The SMILES string of the molecule is COC(=O)C1=C(c2ccccc2)NC(=O)NC1c1cc(Br)cc(Br)c1OC. The van der Waals surface area contributed by atoms with Crippen molar-refractivity contribution in [2.24, 2.45) is 0 Å². The Kier molecular flexibility index (Phi) is 5.86. The standard InChI is InChI=1S/C19H16Br2N2O4/c1-26-17-12(8-11(20)9-13(17)21)16-14(18(24)27-2)15(22-19(25)23-16)10-6-4-3-5-7-10/h3-9,16H,1-2H3,(H2,22,23,25). The number of methoxy groups -OCH3 is 2. The van der Waals surface area contributed by atoms with Gasteiger partial charge in [0.15, 0.2) is 0 Å². The summed E-state index contributed by atoms with van der Waals surface area (Å²) < 4.78 is 12.0. The lowest BCUT2D eigenvalue weighted by Crippen LogP contribution is -2.45. The van der Waals surface area contributed by atoms with Crippen LogP contribution in [0.4, 0.5) is 4.79 Å². The van der Waals surface area contributed by atoms with Crippen LogP contribution in [0.5, 0.6) is 5.75 Å². The molecule has 0 aromatic heterocycles. The fraction of sp³-hybridized carbons (Fsp3) is 0.158. The monoisotopic (exact) mass is 494 g/mol. The number of amides is 2. The van der Waals surface area contributed by atoms with Crippen LogP contribution in [0.15, 0.2) is 57.0 Å². The minimum Gasteiger partial charge on any atom is -0.495 e. The average molecular weight is 496 g/mol. The van der Waals surface area contributed by atoms with Crippen LogP contribution in [0, 0.1) is 0 Å². The number of carbonyl (C=O) groups excluding carboxylic acids is 2. The minimum absolute atomic E-state index is 0.284. The van der Waals surface area contributed by atoms with E-state index in [4.69, 9.17) is 9.47 Å². The lowest BCUT2D eigenvalue weighted by Gasteiger charge is -2.30. The van der Waals surface area contributed by atoms with Crippen molar-refractivity contribution in [2.45, 2.75) is 6.04 Å². The fourth-order valence-corrected chi connectivity index (χ4v) is 4.39. The maximum absolute atomic E-state index is 12.7. The summed E-state index contributed by atoms with van der Waals surface area (Å²) in [7, 11) is 2.83. The first kappa shape index (κ1) is 19.4. The van der Waals surface area contributed by atoms with Crippen LogP contribution < -0.4 is 15.4 Å². The quantitative estimate of drug-likeness (QED) is 0.624. The molecule has 2 N–H and O–H groups in total. The zero-order chi connectivity index (χ0) is 19.6. The summed E-state index contributed by atoms with van der Waals surface area (Å²) in [6.45, 7) is 0. The number of carbonyl (C=O) groups is 2. The van der Waals surface area contributed by atoms with Crippen LogP contribution in [0.3, 0.4) is 0 Å². The van der Waals surface area contributed by atoms with Crippen molar-refractivity contribution in [1.82, 2.24) is 10.6 Å². The van der Waals surface area contributed by atoms with E-state index in [0.29, 0.717) is 27.0 Å². The zero-order valence-electron chi connectivity index (χ0n) is 14.5. The summed E-state index contributed by atoms with van der Waals surface area (Å²) in [5.74, 6) is -0.0382. The highest BCUT2D eigenvalue weighted by Crippen LogP contribution is 2.41. The van der Waals surface area contributed by atoms with E-state index >= 15 is 0 Å². The Balaban J connectivity index is 2.28. The van der Waals surface area contributed by atoms with Gasteiger partial charge in [0.25, 0.3) is 0 Å². The van der Waals surface area contributed by atoms with E-state index in [-0.39, 0.29) is 5.57 Å². The molecular formula is C19H16Br2N2O4.